The molecular formula is C15H17ClN2O2S. The van der Waals surface area contributed by atoms with Crippen molar-refractivity contribution in [2.24, 2.45) is 0 Å². The van der Waals surface area contributed by atoms with Crippen LogP contribution < -0.4 is 10.0 Å². The summed E-state index contributed by atoms with van der Waals surface area (Å²) in [4.78, 5) is 0.299. The lowest BCUT2D eigenvalue weighted by molar-refractivity contribution is 0.579. The molecule has 2 aromatic carbocycles. The minimum atomic E-state index is -3.54. The number of rotatable bonds is 6. The normalized spacial score (nSPS) is 11.5. The molecule has 112 valence electrons. The van der Waals surface area contributed by atoms with Crippen LogP contribution in [0.25, 0.3) is 0 Å². The van der Waals surface area contributed by atoms with E-state index in [-0.39, 0.29) is 6.54 Å². The fourth-order valence-corrected chi connectivity index (χ4v) is 3.34. The van der Waals surface area contributed by atoms with E-state index in [1.165, 1.54) is 0 Å². The molecule has 0 atom stereocenters. The van der Waals surface area contributed by atoms with Gasteiger partial charge in [-0.05, 0) is 36.4 Å². The molecule has 0 heterocycles. The van der Waals surface area contributed by atoms with E-state index in [1.807, 2.05) is 6.07 Å². The number of nitrogens with one attached hydrogen (secondary N) is 2. The maximum atomic E-state index is 12.4. The van der Waals surface area contributed by atoms with Crippen LogP contribution in [0.15, 0.2) is 53.4 Å². The maximum Gasteiger partial charge on any atom is 0.241 e. The Morgan fingerprint density at radius 3 is 2.33 bits per heavy atom. The summed E-state index contributed by atoms with van der Waals surface area (Å²) in [6.45, 7) is 0.728. The molecule has 6 heteroatoms. The van der Waals surface area contributed by atoms with E-state index in [0.717, 1.165) is 11.1 Å². The van der Waals surface area contributed by atoms with Crippen molar-refractivity contribution in [2.75, 3.05) is 7.05 Å². The SMILES string of the molecule is CNCc1ccccc1S(=O)(=O)NCc1ccc(Cl)cc1. The first-order valence-corrected chi connectivity index (χ1v) is 8.35. The molecule has 0 radical (unpaired) electrons. The Kier molecular flexibility index (Phi) is 5.36. The molecule has 0 amide bonds. The van der Waals surface area contributed by atoms with E-state index < -0.39 is 10.0 Å². The fraction of sp³-hybridized carbons (Fsp3) is 0.200. The molecule has 0 aliphatic carbocycles. The summed E-state index contributed by atoms with van der Waals surface area (Å²) in [6, 6.07) is 14.0. The lowest BCUT2D eigenvalue weighted by atomic mass is 10.2. The van der Waals surface area contributed by atoms with Crippen molar-refractivity contribution in [3.05, 3.63) is 64.7 Å². The largest absolute Gasteiger partial charge is 0.316 e. The lowest BCUT2D eigenvalue weighted by Gasteiger charge is -2.11. The Labute approximate surface area is 130 Å². The van der Waals surface area contributed by atoms with Crippen LogP contribution in [0.1, 0.15) is 11.1 Å². The van der Waals surface area contributed by atoms with E-state index in [4.69, 9.17) is 11.6 Å². The Bertz CT molecular complexity index is 700. The molecule has 2 N–H and O–H groups in total. The average Bonchev–Trinajstić information content (AvgIpc) is 2.47. The van der Waals surface area contributed by atoms with Gasteiger partial charge in [0.25, 0.3) is 0 Å². The summed E-state index contributed by atoms with van der Waals surface area (Å²) in [7, 11) is -1.76. The van der Waals surface area contributed by atoms with Gasteiger partial charge in [0.1, 0.15) is 0 Å². The summed E-state index contributed by atoms with van der Waals surface area (Å²) in [5.74, 6) is 0. The highest BCUT2D eigenvalue weighted by atomic mass is 35.5. The van der Waals surface area contributed by atoms with E-state index in [9.17, 15) is 8.42 Å². The summed E-state index contributed by atoms with van der Waals surface area (Å²) in [5, 5.41) is 3.60. The van der Waals surface area contributed by atoms with Gasteiger partial charge in [0, 0.05) is 18.1 Å². The molecule has 21 heavy (non-hydrogen) atoms. The minimum Gasteiger partial charge on any atom is -0.316 e. The highest BCUT2D eigenvalue weighted by Gasteiger charge is 2.17. The van der Waals surface area contributed by atoms with Gasteiger partial charge < -0.3 is 5.32 Å². The molecule has 0 aliphatic rings. The molecular weight excluding hydrogens is 308 g/mol. The first-order chi connectivity index (χ1) is 10.0. The van der Waals surface area contributed by atoms with Crippen LogP contribution in [0.2, 0.25) is 5.02 Å². The van der Waals surface area contributed by atoms with Crippen molar-refractivity contribution >= 4 is 21.6 Å². The van der Waals surface area contributed by atoms with Crippen LogP contribution in [-0.2, 0) is 23.1 Å². The summed E-state index contributed by atoms with van der Waals surface area (Å²) >= 11 is 5.81. The molecule has 0 aliphatic heterocycles. The summed E-state index contributed by atoms with van der Waals surface area (Å²) in [6.07, 6.45) is 0. The van der Waals surface area contributed by atoms with Gasteiger partial charge in [-0.3, -0.25) is 0 Å². The number of hydrogen-bond donors (Lipinski definition) is 2. The summed E-state index contributed by atoms with van der Waals surface area (Å²) < 4.78 is 27.4. The van der Waals surface area contributed by atoms with E-state index in [0.29, 0.717) is 16.5 Å². The third kappa shape index (κ3) is 4.28. The lowest BCUT2D eigenvalue weighted by Crippen LogP contribution is -2.25. The molecule has 0 fully saturated rings. The fourth-order valence-electron chi connectivity index (χ4n) is 1.96. The van der Waals surface area contributed by atoms with E-state index in [2.05, 4.69) is 10.0 Å². The van der Waals surface area contributed by atoms with Crippen LogP contribution in [0.5, 0.6) is 0 Å². The Morgan fingerprint density at radius 1 is 1.00 bits per heavy atom. The van der Waals surface area contributed by atoms with Gasteiger partial charge in [-0.2, -0.15) is 0 Å². The van der Waals surface area contributed by atoms with Crippen molar-refractivity contribution in [1.82, 2.24) is 10.0 Å². The van der Waals surface area contributed by atoms with Gasteiger partial charge >= 0.3 is 0 Å². The quantitative estimate of drug-likeness (QED) is 0.858. The second kappa shape index (κ2) is 7.04. The van der Waals surface area contributed by atoms with Crippen LogP contribution in [0, 0.1) is 0 Å². The van der Waals surface area contributed by atoms with Crippen molar-refractivity contribution < 1.29 is 8.42 Å². The molecule has 2 aromatic rings. The zero-order valence-electron chi connectivity index (χ0n) is 11.6. The summed E-state index contributed by atoms with van der Waals surface area (Å²) in [5.41, 5.74) is 1.60. The van der Waals surface area contributed by atoms with E-state index >= 15 is 0 Å². The maximum absolute atomic E-state index is 12.4. The predicted molar refractivity (Wildman–Crippen MR) is 84.7 cm³/mol. The van der Waals surface area contributed by atoms with Crippen molar-refractivity contribution in [1.29, 1.82) is 0 Å². The topological polar surface area (TPSA) is 58.2 Å². The van der Waals surface area contributed by atoms with Gasteiger partial charge in [0.2, 0.25) is 10.0 Å². The zero-order chi connectivity index (χ0) is 15.3. The average molecular weight is 325 g/mol. The van der Waals surface area contributed by atoms with E-state index in [1.54, 1.807) is 49.5 Å². The monoisotopic (exact) mass is 324 g/mol. The second-order valence-corrected chi connectivity index (χ2v) is 6.76. The smallest absolute Gasteiger partial charge is 0.241 e. The highest BCUT2D eigenvalue weighted by molar-refractivity contribution is 7.89. The minimum absolute atomic E-state index is 0.230. The molecule has 0 spiro atoms. The first kappa shape index (κ1) is 16.0. The van der Waals surface area contributed by atoms with Crippen LogP contribution in [0.4, 0.5) is 0 Å². The second-order valence-electron chi connectivity index (χ2n) is 4.59. The molecule has 4 nitrogen and oxygen atoms in total. The Balaban J connectivity index is 2.17. The van der Waals surface area contributed by atoms with Crippen LogP contribution in [-0.4, -0.2) is 15.5 Å². The van der Waals surface area contributed by atoms with Crippen molar-refractivity contribution in [2.45, 2.75) is 18.0 Å². The molecule has 0 aromatic heterocycles. The molecule has 0 unspecified atom stereocenters. The first-order valence-electron chi connectivity index (χ1n) is 6.49. The van der Waals surface area contributed by atoms with Gasteiger partial charge in [-0.25, -0.2) is 13.1 Å². The van der Waals surface area contributed by atoms with Crippen LogP contribution in [0.3, 0.4) is 0 Å². The molecule has 0 saturated carbocycles. The third-order valence-electron chi connectivity index (χ3n) is 3.01. The van der Waals surface area contributed by atoms with Crippen molar-refractivity contribution in [3.8, 4) is 0 Å². The predicted octanol–water partition coefficient (Wildman–Crippen LogP) is 2.54. The van der Waals surface area contributed by atoms with Crippen molar-refractivity contribution in [3.63, 3.8) is 0 Å². The number of sulfonamides is 1. The number of benzene rings is 2. The molecule has 0 bridgehead atoms. The standard InChI is InChI=1S/C15H17ClN2O2S/c1-17-11-13-4-2-3-5-15(13)21(19,20)18-10-12-6-8-14(16)9-7-12/h2-9,17-18H,10-11H2,1H3. The molecule has 0 saturated heterocycles. The van der Waals surface area contributed by atoms with Gasteiger partial charge in [-0.1, -0.05) is 41.9 Å². The van der Waals surface area contributed by atoms with Gasteiger partial charge in [0.05, 0.1) is 4.90 Å². The number of hydrogen-bond acceptors (Lipinski definition) is 3. The zero-order valence-corrected chi connectivity index (χ0v) is 13.2. The molecule has 2 rings (SSSR count). The Morgan fingerprint density at radius 2 is 1.67 bits per heavy atom. The number of halogens is 1. The van der Waals surface area contributed by atoms with Crippen LogP contribution >= 0.6 is 11.6 Å². The van der Waals surface area contributed by atoms with Gasteiger partial charge in [-0.15, -0.1) is 0 Å². The third-order valence-corrected chi connectivity index (χ3v) is 4.76. The highest BCUT2D eigenvalue weighted by Crippen LogP contribution is 2.16. The Hall–Kier alpha value is -1.40. The van der Waals surface area contributed by atoms with Gasteiger partial charge in [0.15, 0.2) is 0 Å².